The molecule has 210 valence electrons. The number of fused-ring (bicyclic) bond motifs is 1. The highest BCUT2D eigenvalue weighted by molar-refractivity contribution is 5.95. The fourth-order valence-electron chi connectivity index (χ4n) is 5.08. The number of nitrogens with zero attached hydrogens (tertiary/aromatic N) is 1. The maximum atomic E-state index is 11.7. The molecule has 4 aromatic rings. The number of carboxylic acids is 1. The third kappa shape index (κ3) is 7.27. The van der Waals surface area contributed by atoms with Crippen molar-refractivity contribution in [3.05, 3.63) is 102 Å². The van der Waals surface area contributed by atoms with Crippen LogP contribution in [0.15, 0.2) is 84.9 Å². The minimum atomic E-state index is -0.955. The Morgan fingerprint density at radius 2 is 1.65 bits per heavy atom. The number of aliphatic hydroxyl groups excluding tert-OH is 1. The standard InChI is InChI=1S/C34H40N2O4/c1-23(29-12-8-9-13-30(29)27-16-17-31(33(38)39)32(19-27)36(4)5)40-22-28(37)21-35-34(2,3)20-24-14-15-25-10-6-7-11-26(25)18-24/h6-19,23,28,35,37H,20-22H2,1-5H3,(H,38,39)/t23-,28-/m1/s1. The highest BCUT2D eigenvalue weighted by atomic mass is 16.5. The molecule has 0 aliphatic carbocycles. The molecule has 0 saturated carbocycles. The lowest BCUT2D eigenvalue weighted by Crippen LogP contribution is -2.46. The number of hydrogen-bond acceptors (Lipinski definition) is 5. The first-order chi connectivity index (χ1) is 19.0. The van der Waals surface area contributed by atoms with Crippen molar-refractivity contribution in [2.75, 3.05) is 32.1 Å². The largest absolute Gasteiger partial charge is 0.478 e. The van der Waals surface area contributed by atoms with Crippen molar-refractivity contribution in [3.8, 4) is 11.1 Å². The zero-order chi connectivity index (χ0) is 28.9. The molecule has 6 nitrogen and oxygen atoms in total. The van der Waals surface area contributed by atoms with Crippen LogP contribution >= 0.6 is 0 Å². The van der Waals surface area contributed by atoms with Crippen LogP contribution in [0.2, 0.25) is 0 Å². The number of benzene rings is 4. The lowest BCUT2D eigenvalue weighted by molar-refractivity contribution is -0.00397. The van der Waals surface area contributed by atoms with Gasteiger partial charge in [-0.2, -0.15) is 0 Å². The Bertz CT molecular complexity index is 1460. The highest BCUT2D eigenvalue weighted by Crippen LogP contribution is 2.33. The Kier molecular flexibility index (Phi) is 9.25. The molecule has 4 rings (SSSR count). The normalized spacial score (nSPS) is 13.2. The summed E-state index contributed by atoms with van der Waals surface area (Å²) in [7, 11) is 3.67. The quantitative estimate of drug-likeness (QED) is 0.195. The van der Waals surface area contributed by atoms with Crippen molar-refractivity contribution in [1.29, 1.82) is 0 Å². The minimum absolute atomic E-state index is 0.190. The van der Waals surface area contributed by atoms with E-state index in [0.29, 0.717) is 12.2 Å². The van der Waals surface area contributed by atoms with E-state index in [-0.39, 0.29) is 23.8 Å². The van der Waals surface area contributed by atoms with Gasteiger partial charge in [0.05, 0.1) is 30.1 Å². The molecular formula is C34H40N2O4. The second-order valence-corrected chi connectivity index (χ2v) is 11.3. The molecule has 0 aliphatic heterocycles. The summed E-state index contributed by atoms with van der Waals surface area (Å²) in [4.78, 5) is 13.5. The lowest BCUT2D eigenvalue weighted by atomic mass is 9.93. The average Bonchev–Trinajstić information content (AvgIpc) is 2.94. The summed E-state index contributed by atoms with van der Waals surface area (Å²) in [6, 6.07) is 28.2. The van der Waals surface area contributed by atoms with Crippen molar-refractivity contribution < 1.29 is 19.7 Å². The van der Waals surface area contributed by atoms with E-state index in [4.69, 9.17) is 4.74 Å². The van der Waals surface area contributed by atoms with E-state index in [2.05, 4.69) is 61.6 Å². The van der Waals surface area contributed by atoms with E-state index in [0.717, 1.165) is 23.1 Å². The number of carbonyl (C=O) groups is 1. The molecule has 3 N–H and O–H groups in total. The Morgan fingerprint density at radius 3 is 2.38 bits per heavy atom. The summed E-state index contributed by atoms with van der Waals surface area (Å²) >= 11 is 0. The van der Waals surface area contributed by atoms with Crippen LogP contribution in [0.4, 0.5) is 5.69 Å². The zero-order valence-corrected chi connectivity index (χ0v) is 24.0. The third-order valence-corrected chi connectivity index (χ3v) is 7.23. The van der Waals surface area contributed by atoms with Gasteiger partial charge in [0, 0.05) is 26.2 Å². The molecule has 2 atom stereocenters. The zero-order valence-electron chi connectivity index (χ0n) is 24.0. The van der Waals surface area contributed by atoms with Crippen LogP contribution in [0.3, 0.4) is 0 Å². The number of anilines is 1. The molecule has 0 aromatic heterocycles. The van der Waals surface area contributed by atoms with Gasteiger partial charge in [-0.15, -0.1) is 0 Å². The molecule has 0 amide bonds. The van der Waals surface area contributed by atoms with E-state index in [9.17, 15) is 15.0 Å². The van der Waals surface area contributed by atoms with Crippen LogP contribution in [-0.2, 0) is 11.2 Å². The van der Waals surface area contributed by atoms with Gasteiger partial charge in [0.15, 0.2) is 0 Å². The van der Waals surface area contributed by atoms with Crippen molar-refractivity contribution >= 4 is 22.4 Å². The number of ether oxygens (including phenoxy) is 1. The lowest BCUT2D eigenvalue weighted by Gasteiger charge is -2.28. The Balaban J connectivity index is 1.37. The van der Waals surface area contributed by atoms with Gasteiger partial charge in [-0.1, -0.05) is 72.8 Å². The fraction of sp³-hybridized carbons (Fsp3) is 0.324. The van der Waals surface area contributed by atoms with Crippen LogP contribution < -0.4 is 10.2 Å². The molecule has 0 spiro atoms. The van der Waals surface area contributed by atoms with Gasteiger partial charge in [-0.25, -0.2) is 4.79 Å². The first-order valence-corrected chi connectivity index (χ1v) is 13.7. The van der Waals surface area contributed by atoms with Crippen LogP contribution in [0.5, 0.6) is 0 Å². The topological polar surface area (TPSA) is 82.0 Å². The van der Waals surface area contributed by atoms with Gasteiger partial charge in [-0.3, -0.25) is 0 Å². The third-order valence-electron chi connectivity index (χ3n) is 7.23. The molecule has 0 bridgehead atoms. The van der Waals surface area contributed by atoms with Crippen LogP contribution in [0.1, 0.15) is 48.4 Å². The molecular weight excluding hydrogens is 500 g/mol. The van der Waals surface area contributed by atoms with Gasteiger partial charge >= 0.3 is 5.97 Å². The molecule has 0 unspecified atom stereocenters. The van der Waals surface area contributed by atoms with Crippen molar-refractivity contribution in [2.24, 2.45) is 0 Å². The minimum Gasteiger partial charge on any atom is -0.478 e. The predicted molar refractivity (Wildman–Crippen MR) is 163 cm³/mol. The molecule has 0 saturated heterocycles. The molecule has 6 heteroatoms. The monoisotopic (exact) mass is 540 g/mol. The van der Waals surface area contributed by atoms with E-state index >= 15 is 0 Å². The van der Waals surface area contributed by atoms with E-state index < -0.39 is 12.1 Å². The summed E-state index contributed by atoms with van der Waals surface area (Å²) in [5.74, 6) is -0.955. The number of aliphatic hydroxyl groups is 1. The van der Waals surface area contributed by atoms with E-state index in [1.54, 1.807) is 11.0 Å². The SMILES string of the molecule is C[C@@H](OC[C@H](O)CNC(C)(C)Cc1ccc2ccccc2c1)c1ccccc1-c1ccc(C(=O)O)c(N(C)C)c1. The van der Waals surface area contributed by atoms with E-state index in [1.807, 2.05) is 57.4 Å². The van der Waals surface area contributed by atoms with Crippen LogP contribution in [0.25, 0.3) is 21.9 Å². The van der Waals surface area contributed by atoms with Crippen LogP contribution in [-0.4, -0.2) is 55.1 Å². The molecule has 0 heterocycles. The number of aromatic carboxylic acids is 1. The molecule has 0 radical (unpaired) electrons. The summed E-state index contributed by atoms with van der Waals surface area (Å²) < 4.78 is 6.13. The average molecular weight is 541 g/mol. The van der Waals surface area contributed by atoms with Gasteiger partial charge in [0.1, 0.15) is 0 Å². The molecule has 40 heavy (non-hydrogen) atoms. The second-order valence-electron chi connectivity index (χ2n) is 11.3. The fourth-order valence-corrected chi connectivity index (χ4v) is 5.08. The van der Waals surface area contributed by atoms with Crippen molar-refractivity contribution in [3.63, 3.8) is 0 Å². The predicted octanol–water partition coefficient (Wildman–Crippen LogP) is 6.32. The first kappa shape index (κ1) is 29.3. The summed E-state index contributed by atoms with van der Waals surface area (Å²) in [6.45, 7) is 6.87. The number of nitrogens with one attached hydrogen (secondary N) is 1. The van der Waals surface area contributed by atoms with Gasteiger partial charge < -0.3 is 25.2 Å². The number of rotatable bonds is 12. The molecule has 4 aromatic carbocycles. The summed E-state index contributed by atoms with van der Waals surface area (Å²) in [5.41, 5.74) is 4.81. The van der Waals surface area contributed by atoms with Crippen molar-refractivity contribution in [1.82, 2.24) is 5.32 Å². The maximum Gasteiger partial charge on any atom is 0.337 e. The van der Waals surface area contributed by atoms with Gasteiger partial charge in [0.25, 0.3) is 0 Å². The number of hydrogen-bond donors (Lipinski definition) is 3. The molecule has 0 fully saturated rings. The Labute approximate surface area is 237 Å². The molecule has 0 aliphatic rings. The van der Waals surface area contributed by atoms with Gasteiger partial charge in [0.2, 0.25) is 0 Å². The second kappa shape index (κ2) is 12.6. The highest BCUT2D eigenvalue weighted by Gasteiger charge is 2.21. The van der Waals surface area contributed by atoms with E-state index in [1.165, 1.54) is 16.3 Å². The Morgan fingerprint density at radius 1 is 0.950 bits per heavy atom. The number of β-amino-alcohol motifs (C(OH)–C–C–N with tert-alkyl or cyclic N) is 1. The van der Waals surface area contributed by atoms with Gasteiger partial charge in [-0.05, 0) is 72.4 Å². The maximum absolute atomic E-state index is 11.7. The number of carboxylic acid groups (broad SMARTS) is 1. The smallest absolute Gasteiger partial charge is 0.337 e. The first-order valence-electron chi connectivity index (χ1n) is 13.7. The summed E-state index contributed by atoms with van der Waals surface area (Å²) in [6.07, 6.45) is -0.0933. The Hall–Kier alpha value is -3.71. The summed E-state index contributed by atoms with van der Waals surface area (Å²) in [5, 5.41) is 26.3. The van der Waals surface area contributed by atoms with Crippen LogP contribution in [0, 0.1) is 0 Å². The van der Waals surface area contributed by atoms with Crippen molar-refractivity contribution in [2.45, 2.75) is 44.9 Å².